The van der Waals surface area contributed by atoms with Gasteiger partial charge in [-0.1, -0.05) is 31.9 Å². The summed E-state index contributed by atoms with van der Waals surface area (Å²) in [6, 6.07) is 0. The fraction of sp³-hybridized carbons (Fsp3) is 0.842. The lowest BCUT2D eigenvalue weighted by atomic mass is 9.99. The van der Waals surface area contributed by atoms with Crippen molar-refractivity contribution in [2.75, 3.05) is 7.11 Å². The number of ether oxygens (including phenoxy) is 1. The van der Waals surface area contributed by atoms with Crippen LogP contribution < -0.4 is 0 Å². The average Bonchev–Trinajstić information content (AvgIpc) is 3.34. The quantitative estimate of drug-likeness (QED) is 0.179. The Kier molecular flexibility index (Phi) is 10.3. The van der Waals surface area contributed by atoms with Crippen LogP contribution in [0.5, 0.6) is 0 Å². The molecule has 8 heteroatoms. The van der Waals surface area contributed by atoms with Crippen LogP contribution in [-0.4, -0.2) is 48.9 Å². The minimum atomic E-state index is -0.402. The summed E-state index contributed by atoms with van der Waals surface area (Å²) in [4.78, 5) is 36.8. The molecular formula is C19H32O8. The van der Waals surface area contributed by atoms with E-state index in [1.54, 1.807) is 0 Å². The van der Waals surface area contributed by atoms with Gasteiger partial charge in [-0.05, 0) is 25.7 Å². The summed E-state index contributed by atoms with van der Waals surface area (Å²) in [6.07, 6.45) is 10.4. The normalized spacial score (nSPS) is 29.4. The van der Waals surface area contributed by atoms with Crippen LogP contribution in [-0.2, 0) is 34.0 Å². The molecule has 0 radical (unpaired) electrons. The third-order valence-corrected chi connectivity index (χ3v) is 4.98. The maximum absolute atomic E-state index is 11.0. The summed E-state index contributed by atoms with van der Waals surface area (Å²) in [5.41, 5.74) is 0. The standard InChI is InChI=1S/C19H32O8/c1-3-15(23-21)17-13-18(27-26-17)16-12-14(24-25-16)10-8-6-4-5-7-9-11-19(20)22-2/h8,10,14-18,21H,3-7,9,11-13H2,1-2H3/b10-8+. The summed E-state index contributed by atoms with van der Waals surface area (Å²) in [5.74, 6) is -0.139. The minimum Gasteiger partial charge on any atom is -0.469 e. The first-order chi connectivity index (χ1) is 13.2. The van der Waals surface area contributed by atoms with Crippen LogP contribution in [0.1, 0.15) is 64.7 Å². The van der Waals surface area contributed by atoms with E-state index < -0.39 is 6.10 Å². The summed E-state index contributed by atoms with van der Waals surface area (Å²) in [6.45, 7) is 1.91. The Bertz CT molecular complexity index is 451. The van der Waals surface area contributed by atoms with Crippen LogP contribution in [0.25, 0.3) is 0 Å². The van der Waals surface area contributed by atoms with E-state index >= 15 is 0 Å². The Labute approximate surface area is 160 Å². The molecule has 2 heterocycles. The molecule has 0 amide bonds. The molecule has 1 N–H and O–H groups in total. The number of carbonyl (C=O) groups is 1. The Morgan fingerprint density at radius 2 is 1.85 bits per heavy atom. The largest absolute Gasteiger partial charge is 0.469 e. The fourth-order valence-electron chi connectivity index (χ4n) is 3.29. The predicted octanol–water partition coefficient (Wildman–Crippen LogP) is 3.50. The first-order valence-electron chi connectivity index (χ1n) is 9.85. The minimum absolute atomic E-state index is 0.0898. The monoisotopic (exact) mass is 388 g/mol. The average molecular weight is 388 g/mol. The number of methoxy groups -OCH3 is 1. The highest BCUT2D eigenvalue weighted by molar-refractivity contribution is 5.68. The van der Waals surface area contributed by atoms with Gasteiger partial charge >= 0.3 is 5.97 Å². The van der Waals surface area contributed by atoms with Gasteiger partial charge < -0.3 is 4.74 Å². The zero-order valence-electron chi connectivity index (χ0n) is 16.2. The van der Waals surface area contributed by atoms with Crippen LogP contribution >= 0.6 is 0 Å². The number of allylic oxidation sites excluding steroid dienone is 1. The topological polar surface area (TPSA) is 92.7 Å². The van der Waals surface area contributed by atoms with Crippen LogP contribution in [0.2, 0.25) is 0 Å². The second kappa shape index (κ2) is 12.4. The first-order valence-corrected chi connectivity index (χ1v) is 9.85. The van der Waals surface area contributed by atoms with Gasteiger partial charge in [0, 0.05) is 19.3 Å². The number of hydrogen-bond donors (Lipinski definition) is 1. The van der Waals surface area contributed by atoms with E-state index in [-0.39, 0.29) is 30.4 Å². The molecule has 5 unspecified atom stereocenters. The molecule has 5 atom stereocenters. The molecule has 0 spiro atoms. The molecule has 2 saturated heterocycles. The van der Waals surface area contributed by atoms with Crippen molar-refractivity contribution in [1.82, 2.24) is 0 Å². The molecule has 27 heavy (non-hydrogen) atoms. The molecule has 0 aromatic heterocycles. The smallest absolute Gasteiger partial charge is 0.305 e. The van der Waals surface area contributed by atoms with E-state index in [1.807, 2.05) is 13.0 Å². The van der Waals surface area contributed by atoms with E-state index in [0.29, 0.717) is 25.7 Å². The van der Waals surface area contributed by atoms with Crippen molar-refractivity contribution in [2.45, 2.75) is 95.2 Å². The van der Waals surface area contributed by atoms with Gasteiger partial charge in [0.05, 0.1) is 7.11 Å². The number of rotatable bonds is 12. The molecule has 0 aromatic carbocycles. The SMILES string of the molecule is CCC(OO)C1CC(C2CC(/C=C/CCCCCCC(=O)OC)OO2)OO1. The van der Waals surface area contributed by atoms with Gasteiger partial charge in [0.25, 0.3) is 0 Å². The Balaban J connectivity index is 1.56. The molecule has 2 rings (SSSR count). The van der Waals surface area contributed by atoms with Crippen LogP contribution in [0, 0.1) is 0 Å². The summed E-state index contributed by atoms with van der Waals surface area (Å²) in [7, 11) is 1.42. The maximum Gasteiger partial charge on any atom is 0.305 e. The highest BCUT2D eigenvalue weighted by Crippen LogP contribution is 2.31. The molecule has 2 fully saturated rings. The van der Waals surface area contributed by atoms with Crippen LogP contribution in [0.15, 0.2) is 12.2 Å². The summed E-state index contributed by atoms with van der Waals surface area (Å²) >= 11 is 0. The molecule has 0 bridgehead atoms. The summed E-state index contributed by atoms with van der Waals surface area (Å²) in [5, 5.41) is 8.88. The number of carbonyl (C=O) groups excluding carboxylic acids is 1. The van der Waals surface area contributed by atoms with Gasteiger partial charge in [-0.2, -0.15) is 0 Å². The van der Waals surface area contributed by atoms with E-state index in [0.717, 1.165) is 32.1 Å². The van der Waals surface area contributed by atoms with Crippen LogP contribution in [0.3, 0.4) is 0 Å². The number of hydrogen-bond acceptors (Lipinski definition) is 8. The number of unbranched alkanes of at least 4 members (excludes halogenated alkanes) is 4. The summed E-state index contributed by atoms with van der Waals surface area (Å²) < 4.78 is 4.62. The number of esters is 1. The van der Waals surface area contributed by atoms with Gasteiger partial charge in [0.1, 0.15) is 30.5 Å². The highest BCUT2D eigenvalue weighted by atomic mass is 17.2. The van der Waals surface area contributed by atoms with Crippen molar-refractivity contribution in [2.24, 2.45) is 0 Å². The van der Waals surface area contributed by atoms with Gasteiger partial charge in [-0.15, -0.1) is 0 Å². The Morgan fingerprint density at radius 3 is 2.59 bits per heavy atom. The van der Waals surface area contributed by atoms with E-state index in [9.17, 15) is 4.79 Å². The maximum atomic E-state index is 11.0. The molecule has 2 aliphatic heterocycles. The molecule has 0 saturated carbocycles. The van der Waals surface area contributed by atoms with E-state index in [4.69, 9.17) is 24.8 Å². The molecule has 8 nitrogen and oxygen atoms in total. The molecule has 2 aliphatic rings. The van der Waals surface area contributed by atoms with Crippen LogP contribution in [0.4, 0.5) is 0 Å². The van der Waals surface area contributed by atoms with E-state index in [2.05, 4.69) is 15.7 Å². The highest BCUT2D eigenvalue weighted by Gasteiger charge is 2.42. The lowest BCUT2D eigenvalue weighted by Crippen LogP contribution is -2.29. The van der Waals surface area contributed by atoms with Gasteiger partial charge in [0.2, 0.25) is 0 Å². The molecule has 0 aliphatic carbocycles. The third kappa shape index (κ3) is 7.48. The predicted molar refractivity (Wildman–Crippen MR) is 95.4 cm³/mol. The Morgan fingerprint density at radius 1 is 1.11 bits per heavy atom. The molecule has 0 aromatic rings. The van der Waals surface area contributed by atoms with Crippen molar-refractivity contribution in [3.8, 4) is 0 Å². The molecular weight excluding hydrogens is 356 g/mol. The van der Waals surface area contributed by atoms with Crippen molar-refractivity contribution in [3.05, 3.63) is 12.2 Å². The lowest BCUT2D eigenvalue weighted by Gasteiger charge is -2.15. The molecule has 156 valence electrons. The van der Waals surface area contributed by atoms with Crippen molar-refractivity contribution < 1.29 is 39.2 Å². The van der Waals surface area contributed by atoms with Gasteiger partial charge in [-0.3, -0.25) is 10.1 Å². The fourth-order valence-corrected chi connectivity index (χ4v) is 3.29. The second-order valence-electron chi connectivity index (χ2n) is 7.02. The van der Waals surface area contributed by atoms with Gasteiger partial charge in [0.15, 0.2) is 0 Å². The van der Waals surface area contributed by atoms with Crippen molar-refractivity contribution in [1.29, 1.82) is 0 Å². The lowest BCUT2D eigenvalue weighted by molar-refractivity contribution is -0.367. The first kappa shape index (κ1) is 22.3. The van der Waals surface area contributed by atoms with Crippen molar-refractivity contribution in [3.63, 3.8) is 0 Å². The zero-order valence-corrected chi connectivity index (χ0v) is 16.2. The third-order valence-electron chi connectivity index (χ3n) is 4.98. The van der Waals surface area contributed by atoms with E-state index in [1.165, 1.54) is 7.11 Å². The Hall–Kier alpha value is -1.03. The van der Waals surface area contributed by atoms with Crippen molar-refractivity contribution >= 4 is 5.97 Å². The zero-order chi connectivity index (χ0) is 19.5. The van der Waals surface area contributed by atoms with Gasteiger partial charge in [-0.25, -0.2) is 24.4 Å². The second-order valence-corrected chi connectivity index (χ2v) is 7.02.